The topological polar surface area (TPSA) is 131 Å². The summed E-state index contributed by atoms with van der Waals surface area (Å²) in [5.41, 5.74) is 0.730. The summed E-state index contributed by atoms with van der Waals surface area (Å²) in [6.07, 6.45) is 1.03. The van der Waals surface area contributed by atoms with Crippen LogP contribution in [-0.2, 0) is 24.8 Å². The van der Waals surface area contributed by atoms with Crippen molar-refractivity contribution >= 4 is 37.3 Å². The molecular weight excluding hydrogens is 406 g/mol. The molecule has 0 radical (unpaired) electrons. The predicted molar refractivity (Wildman–Crippen MR) is 106 cm³/mol. The molecule has 2 aromatic rings. The number of hydrogen-bond donors (Lipinski definition) is 3. The Bertz CT molecular complexity index is 1030. The molecule has 0 aromatic heterocycles. The van der Waals surface area contributed by atoms with E-state index < -0.39 is 32.0 Å². The molecule has 3 N–H and O–H groups in total. The number of carbonyl (C=O) groups is 1. The second kappa shape index (κ2) is 8.59. The van der Waals surface area contributed by atoms with Crippen LogP contribution >= 0.6 is 0 Å². The fourth-order valence-electron chi connectivity index (χ4n) is 2.20. The number of amides is 1. The molecule has 0 aliphatic carbocycles. The highest BCUT2D eigenvalue weighted by atomic mass is 32.2. The van der Waals surface area contributed by atoms with Gasteiger partial charge in [0, 0.05) is 11.4 Å². The van der Waals surface area contributed by atoms with Gasteiger partial charge < -0.3 is 10.1 Å². The monoisotopic (exact) mass is 427 g/mol. The van der Waals surface area contributed by atoms with Crippen molar-refractivity contribution in [3.05, 3.63) is 48.5 Å². The lowest BCUT2D eigenvalue weighted by Crippen LogP contribution is -2.41. The molecule has 0 aliphatic rings. The molecular formula is C17H21N3O6S2. The number of nitrogens with one attached hydrogen (secondary N) is 3. The molecule has 11 heteroatoms. The first-order valence-corrected chi connectivity index (χ1v) is 11.4. The molecule has 9 nitrogen and oxygen atoms in total. The largest absolute Gasteiger partial charge is 0.497 e. The first-order chi connectivity index (χ1) is 13.0. The molecule has 152 valence electrons. The molecule has 0 aliphatic heterocycles. The van der Waals surface area contributed by atoms with Crippen LogP contribution in [-0.4, -0.2) is 42.2 Å². The van der Waals surface area contributed by atoms with E-state index in [9.17, 15) is 21.6 Å². The van der Waals surface area contributed by atoms with E-state index in [1.807, 2.05) is 0 Å². The molecule has 0 saturated heterocycles. The standard InChI is InChI=1S/C17H21N3O6S2/c1-12(19-28(24,25)16-10-8-15(26-2)9-11-16)17(21)18-13-4-6-14(7-5-13)20-27(3,22)23/h4-12,19-20H,1-3H3,(H,18,21)/t12-/m0/s1. The summed E-state index contributed by atoms with van der Waals surface area (Å²) in [6, 6.07) is 10.7. The number of ether oxygens (including phenoxy) is 1. The van der Waals surface area contributed by atoms with E-state index in [0.717, 1.165) is 6.26 Å². The van der Waals surface area contributed by atoms with Crippen molar-refractivity contribution in [2.45, 2.75) is 17.9 Å². The van der Waals surface area contributed by atoms with E-state index >= 15 is 0 Å². The van der Waals surface area contributed by atoms with Crippen LogP contribution in [0, 0.1) is 0 Å². The molecule has 0 fully saturated rings. The smallest absolute Gasteiger partial charge is 0.242 e. The van der Waals surface area contributed by atoms with E-state index in [1.54, 1.807) is 0 Å². The van der Waals surface area contributed by atoms with Crippen molar-refractivity contribution in [1.82, 2.24) is 4.72 Å². The highest BCUT2D eigenvalue weighted by molar-refractivity contribution is 7.92. The maximum atomic E-state index is 12.4. The molecule has 0 bridgehead atoms. The minimum atomic E-state index is -3.89. The molecule has 1 amide bonds. The van der Waals surface area contributed by atoms with Crippen LogP contribution in [0.15, 0.2) is 53.4 Å². The number of anilines is 2. The molecule has 28 heavy (non-hydrogen) atoms. The molecule has 2 aromatic carbocycles. The Balaban J connectivity index is 2.01. The van der Waals surface area contributed by atoms with Crippen LogP contribution in [0.2, 0.25) is 0 Å². The summed E-state index contributed by atoms with van der Waals surface area (Å²) in [5, 5.41) is 2.56. The Labute approximate surface area is 164 Å². The highest BCUT2D eigenvalue weighted by Crippen LogP contribution is 2.17. The van der Waals surface area contributed by atoms with Gasteiger partial charge in [-0.2, -0.15) is 4.72 Å². The van der Waals surface area contributed by atoms with Gasteiger partial charge in [-0.3, -0.25) is 9.52 Å². The summed E-state index contributed by atoms with van der Waals surface area (Å²) >= 11 is 0. The Hall–Kier alpha value is -2.63. The zero-order valence-electron chi connectivity index (χ0n) is 15.5. The molecule has 1 atom stereocenters. The third-order valence-corrected chi connectivity index (χ3v) is 5.71. The third-order valence-electron chi connectivity index (χ3n) is 3.55. The minimum absolute atomic E-state index is 0.00384. The summed E-state index contributed by atoms with van der Waals surface area (Å²) in [4.78, 5) is 12.3. The van der Waals surface area contributed by atoms with Crippen molar-refractivity contribution < 1.29 is 26.4 Å². The fourth-order valence-corrected chi connectivity index (χ4v) is 3.96. The maximum absolute atomic E-state index is 12.4. The van der Waals surface area contributed by atoms with Crippen molar-refractivity contribution in [3.63, 3.8) is 0 Å². The second-order valence-corrected chi connectivity index (χ2v) is 9.42. The van der Waals surface area contributed by atoms with Gasteiger partial charge in [0.1, 0.15) is 5.75 Å². The van der Waals surface area contributed by atoms with Gasteiger partial charge in [-0.15, -0.1) is 0 Å². The maximum Gasteiger partial charge on any atom is 0.242 e. The number of benzene rings is 2. The highest BCUT2D eigenvalue weighted by Gasteiger charge is 2.22. The van der Waals surface area contributed by atoms with Gasteiger partial charge in [0.15, 0.2) is 0 Å². The quantitative estimate of drug-likeness (QED) is 0.583. The summed E-state index contributed by atoms with van der Waals surface area (Å²) < 4.78 is 56.7. The number of hydrogen-bond acceptors (Lipinski definition) is 6. The van der Waals surface area contributed by atoms with E-state index in [1.165, 1.54) is 62.6 Å². The first-order valence-electron chi connectivity index (χ1n) is 8.05. The van der Waals surface area contributed by atoms with Gasteiger partial charge in [-0.05, 0) is 55.5 Å². The van der Waals surface area contributed by atoms with Crippen molar-refractivity contribution in [3.8, 4) is 5.75 Å². The normalized spacial score (nSPS) is 12.8. The lowest BCUT2D eigenvalue weighted by atomic mass is 10.2. The second-order valence-electron chi connectivity index (χ2n) is 5.96. The Kier molecular flexibility index (Phi) is 6.65. The average molecular weight is 428 g/mol. The van der Waals surface area contributed by atoms with Gasteiger partial charge in [0.2, 0.25) is 26.0 Å². The fraction of sp³-hybridized carbons (Fsp3) is 0.235. The van der Waals surface area contributed by atoms with Gasteiger partial charge in [0.25, 0.3) is 0 Å². The van der Waals surface area contributed by atoms with E-state index in [0.29, 0.717) is 17.1 Å². The molecule has 0 unspecified atom stereocenters. The number of sulfonamides is 2. The lowest BCUT2D eigenvalue weighted by molar-refractivity contribution is -0.117. The van der Waals surface area contributed by atoms with Crippen LogP contribution in [0.4, 0.5) is 11.4 Å². The van der Waals surface area contributed by atoms with Crippen molar-refractivity contribution in [2.75, 3.05) is 23.4 Å². The molecule has 0 saturated carbocycles. The number of methoxy groups -OCH3 is 1. The SMILES string of the molecule is COc1ccc(S(=O)(=O)N[C@@H](C)C(=O)Nc2ccc(NS(C)(=O)=O)cc2)cc1. The number of rotatable bonds is 8. The van der Waals surface area contributed by atoms with Gasteiger partial charge >= 0.3 is 0 Å². The summed E-state index contributed by atoms with van der Waals surface area (Å²) in [6.45, 7) is 1.41. The molecule has 0 spiro atoms. The van der Waals surface area contributed by atoms with E-state index in [-0.39, 0.29) is 4.90 Å². The minimum Gasteiger partial charge on any atom is -0.497 e. The number of carbonyl (C=O) groups excluding carboxylic acids is 1. The summed E-state index contributed by atoms with van der Waals surface area (Å²) in [7, 11) is -5.82. The average Bonchev–Trinajstić information content (AvgIpc) is 2.61. The zero-order chi connectivity index (χ0) is 20.9. The van der Waals surface area contributed by atoms with Gasteiger partial charge in [-0.25, -0.2) is 16.8 Å². The molecule has 2 rings (SSSR count). The zero-order valence-corrected chi connectivity index (χ0v) is 17.1. The van der Waals surface area contributed by atoms with Crippen LogP contribution in [0.25, 0.3) is 0 Å². The first kappa shape index (κ1) is 21.7. The third kappa shape index (κ3) is 6.22. The van der Waals surface area contributed by atoms with Crippen molar-refractivity contribution in [1.29, 1.82) is 0 Å². The Morgan fingerprint density at radius 1 is 0.929 bits per heavy atom. The van der Waals surface area contributed by atoms with Crippen LogP contribution < -0.4 is 19.5 Å². The van der Waals surface area contributed by atoms with E-state index in [2.05, 4.69) is 14.8 Å². The van der Waals surface area contributed by atoms with Gasteiger partial charge in [0.05, 0.1) is 24.3 Å². The van der Waals surface area contributed by atoms with Crippen LogP contribution in [0.5, 0.6) is 5.75 Å². The molecule has 0 heterocycles. The van der Waals surface area contributed by atoms with Crippen molar-refractivity contribution in [2.24, 2.45) is 0 Å². The Morgan fingerprint density at radius 2 is 1.46 bits per heavy atom. The van der Waals surface area contributed by atoms with Crippen LogP contribution in [0.3, 0.4) is 0 Å². The summed E-state index contributed by atoms with van der Waals surface area (Å²) in [5.74, 6) is -0.0561. The van der Waals surface area contributed by atoms with Gasteiger partial charge in [-0.1, -0.05) is 0 Å². The lowest BCUT2D eigenvalue weighted by Gasteiger charge is -2.15. The van der Waals surface area contributed by atoms with E-state index in [4.69, 9.17) is 4.74 Å². The predicted octanol–water partition coefficient (Wildman–Crippen LogP) is 1.37. The van der Waals surface area contributed by atoms with Crippen LogP contribution in [0.1, 0.15) is 6.92 Å². The Morgan fingerprint density at radius 3 is 1.96 bits per heavy atom.